The molecule has 2 heterocycles. The lowest BCUT2D eigenvalue weighted by Crippen LogP contribution is -2.39. The Kier molecular flexibility index (Phi) is 4.52. The number of halogens is 1. The highest BCUT2D eigenvalue weighted by molar-refractivity contribution is 6.33. The molecule has 7 heteroatoms. The zero-order chi connectivity index (χ0) is 16.4. The molecule has 1 aromatic rings. The van der Waals surface area contributed by atoms with Crippen LogP contribution in [0.3, 0.4) is 0 Å². The van der Waals surface area contributed by atoms with Crippen LogP contribution < -0.4 is 10.2 Å². The fourth-order valence-electron chi connectivity index (χ4n) is 3.02. The first-order chi connectivity index (χ1) is 11.1. The van der Waals surface area contributed by atoms with Crippen LogP contribution in [0.2, 0.25) is 5.02 Å². The van der Waals surface area contributed by atoms with Crippen LogP contribution in [0.15, 0.2) is 24.3 Å². The predicted octanol–water partition coefficient (Wildman–Crippen LogP) is 1.04. The maximum absolute atomic E-state index is 12.6. The summed E-state index contributed by atoms with van der Waals surface area (Å²) in [6, 6.07) is 7.12. The van der Waals surface area contributed by atoms with Crippen molar-refractivity contribution in [3.05, 3.63) is 29.3 Å². The summed E-state index contributed by atoms with van der Waals surface area (Å²) in [5.41, 5.74) is 0.641. The summed E-state index contributed by atoms with van der Waals surface area (Å²) >= 11 is 6.15. The number of para-hydroxylation sites is 1. The van der Waals surface area contributed by atoms with Gasteiger partial charge in [0, 0.05) is 39.0 Å². The molecule has 0 aromatic heterocycles. The van der Waals surface area contributed by atoms with Crippen molar-refractivity contribution in [3.8, 4) is 0 Å². The molecule has 0 saturated carbocycles. The van der Waals surface area contributed by atoms with Crippen molar-refractivity contribution in [1.29, 1.82) is 0 Å². The molecule has 23 heavy (non-hydrogen) atoms. The average molecular weight is 336 g/mol. The van der Waals surface area contributed by atoms with Gasteiger partial charge in [0.25, 0.3) is 0 Å². The van der Waals surface area contributed by atoms with Gasteiger partial charge in [-0.1, -0.05) is 23.7 Å². The molecule has 2 aliphatic rings. The summed E-state index contributed by atoms with van der Waals surface area (Å²) in [7, 11) is 0. The van der Waals surface area contributed by atoms with Gasteiger partial charge in [0.15, 0.2) is 0 Å². The van der Waals surface area contributed by atoms with Crippen molar-refractivity contribution in [2.24, 2.45) is 5.92 Å². The minimum absolute atomic E-state index is 0.0412. The molecule has 2 fully saturated rings. The molecule has 6 nitrogen and oxygen atoms in total. The molecule has 2 saturated heterocycles. The molecular weight excluding hydrogens is 318 g/mol. The molecule has 0 aliphatic carbocycles. The van der Waals surface area contributed by atoms with Crippen molar-refractivity contribution in [1.82, 2.24) is 10.2 Å². The molecule has 0 radical (unpaired) electrons. The minimum atomic E-state index is -0.382. The molecular formula is C16H18ClN3O3. The van der Waals surface area contributed by atoms with E-state index in [9.17, 15) is 14.4 Å². The number of anilines is 1. The first-order valence-corrected chi connectivity index (χ1v) is 8.04. The van der Waals surface area contributed by atoms with Crippen LogP contribution in [0, 0.1) is 5.92 Å². The number of carbonyl (C=O) groups is 3. The average Bonchev–Trinajstić information content (AvgIpc) is 2.78. The number of rotatable bonds is 2. The van der Waals surface area contributed by atoms with E-state index in [0.717, 1.165) is 0 Å². The third-order valence-electron chi connectivity index (χ3n) is 4.24. The van der Waals surface area contributed by atoms with Crippen molar-refractivity contribution >= 4 is 35.0 Å². The van der Waals surface area contributed by atoms with Gasteiger partial charge in [0.1, 0.15) is 0 Å². The van der Waals surface area contributed by atoms with E-state index in [2.05, 4.69) is 5.32 Å². The van der Waals surface area contributed by atoms with Gasteiger partial charge in [-0.25, -0.2) is 0 Å². The van der Waals surface area contributed by atoms with E-state index < -0.39 is 0 Å². The van der Waals surface area contributed by atoms with E-state index in [1.54, 1.807) is 28.0 Å². The summed E-state index contributed by atoms with van der Waals surface area (Å²) in [5, 5.41) is 3.24. The molecule has 1 aromatic carbocycles. The third kappa shape index (κ3) is 3.32. The van der Waals surface area contributed by atoms with Gasteiger partial charge in [-0.05, 0) is 12.1 Å². The maximum atomic E-state index is 12.6. The molecule has 3 rings (SSSR count). The Hall–Kier alpha value is -2.08. The quantitative estimate of drug-likeness (QED) is 0.878. The summed E-state index contributed by atoms with van der Waals surface area (Å²) in [6.45, 7) is 1.68. The van der Waals surface area contributed by atoms with Gasteiger partial charge in [-0.3, -0.25) is 14.4 Å². The van der Waals surface area contributed by atoms with E-state index in [4.69, 9.17) is 11.6 Å². The minimum Gasteiger partial charge on any atom is -0.354 e. The van der Waals surface area contributed by atoms with E-state index in [-0.39, 0.29) is 30.1 Å². The van der Waals surface area contributed by atoms with Gasteiger partial charge in [-0.2, -0.15) is 0 Å². The number of nitrogens with one attached hydrogen (secondary N) is 1. The second-order valence-corrected chi connectivity index (χ2v) is 6.19. The number of carbonyl (C=O) groups excluding carboxylic acids is 3. The van der Waals surface area contributed by atoms with Crippen molar-refractivity contribution in [2.45, 2.75) is 12.8 Å². The van der Waals surface area contributed by atoms with Crippen LogP contribution >= 0.6 is 11.6 Å². The second-order valence-electron chi connectivity index (χ2n) is 5.78. The third-order valence-corrected chi connectivity index (χ3v) is 4.56. The molecule has 0 spiro atoms. The second kappa shape index (κ2) is 6.58. The smallest absolute Gasteiger partial charge is 0.228 e. The van der Waals surface area contributed by atoms with E-state index in [1.165, 1.54) is 0 Å². The van der Waals surface area contributed by atoms with Crippen molar-refractivity contribution in [3.63, 3.8) is 0 Å². The van der Waals surface area contributed by atoms with E-state index in [1.807, 2.05) is 6.07 Å². The number of benzene rings is 1. The zero-order valence-corrected chi connectivity index (χ0v) is 13.4. The van der Waals surface area contributed by atoms with Crippen LogP contribution in [0.25, 0.3) is 0 Å². The largest absolute Gasteiger partial charge is 0.354 e. The normalized spacial score (nSPS) is 22.0. The number of amides is 3. The van der Waals surface area contributed by atoms with Gasteiger partial charge >= 0.3 is 0 Å². The first kappa shape index (κ1) is 15.8. The lowest BCUT2D eigenvalue weighted by Gasteiger charge is -2.23. The monoisotopic (exact) mass is 335 g/mol. The number of hydrogen-bond donors (Lipinski definition) is 1. The predicted molar refractivity (Wildman–Crippen MR) is 86.1 cm³/mol. The Morgan fingerprint density at radius 2 is 2.00 bits per heavy atom. The van der Waals surface area contributed by atoms with Crippen LogP contribution in [0.4, 0.5) is 5.69 Å². The van der Waals surface area contributed by atoms with Crippen molar-refractivity contribution < 1.29 is 14.4 Å². The van der Waals surface area contributed by atoms with Crippen LogP contribution in [0.5, 0.6) is 0 Å². The summed E-state index contributed by atoms with van der Waals surface area (Å²) < 4.78 is 0. The van der Waals surface area contributed by atoms with Gasteiger partial charge < -0.3 is 15.1 Å². The Morgan fingerprint density at radius 3 is 2.78 bits per heavy atom. The van der Waals surface area contributed by atoms with E-state index in [0.29, 0.717) is 43.3 Å². The van der Waals surface area contributed by atoms with Crippen LogP contribution in [0.1, 0.15) is 12.8 Å². The summed E-state index contributed by atoms with van der Waals surface area (Å²) in [6.07, 6.45) is 0.489. The molecule has 1 N–H and O–H groups in total. The Balaban J connectivity index is 1.71. The fraction of sp³-hybridized carbons (Fsp3) is 0.438. The molecule has 0 bridgehead atoms. The Bertz CT molecular complexity index is 649. The first-order valence-electron chi connectivity index (χ1n) is 7.66. The van der Waals surface area contributed by atoms with Gasteiger partial charge in [0.2, 0.25) is 17.7 Å². The lowest BCUT2D eigenvalue weighted by molar-refractivity contribution is -0.135. The highest BCUT2D eigenvalue weighted by atomic mass is 35.5. The number of hydrogen-bond acceptors (Lipinski definition) is 3. The molecule has 1 atom stereocenters. The van der Waals surface area contributed by atoms with Crippen molar-refractivity contribution in [2.75, 3.05) is 31.1 Å². The standard InChI is InChI=1S/C16H18ClN3O3/c17-12-3-1-2-4-13(12)20-10-11(9-15(20)22)16(23)19-7-5-14(21)18-6-8-19/h1-4,11H,5-10H2,(H,18,21). The fourth-order valence-corrected chi connectivity index (χ4v) is 3.26. The molecule has 122 valence electrons. The van der Waals surface area contributed by atoms with Crippen LogP contribution in [-0.4, -0.2) is 48.8 Å². The van der Waals surface area contributed by atoms with Crippen LogP contribution in [-0.2, 0) is 14.4 Å². The summed E-state index contributed by atoms with van der Waals surface area (Å²) in [5.74, 6) is -0.586. The van der Waals surface area contributed by atoms with E-state index >= 15 is 0 Å². The Labute approximate surface area is 139 Å². The topological polar surface area (TPSA) is 69.7 Å². The Morgan fingerprint density at radius 1 is 1.22 bits per heavy atom. The molecule has 2 aliphatic heterocycles. The maximum Gasteiger partial charge on any atom is 0.228 e. The zero-order valence-electron chi connectivity index (χ0n) is 12.6. The summed E-state index contributed by atoms with van der Waals surface area (Å²) in [4.78, 5) is 39.5. The number of nitrogens with zero attached hydrogens (tertiary/aromatic N) is 2. The highest BCUT2D eigenvalue weighted by Crippen LogP contribution is 2.31. The molecule has 1 unspecified atom stereocenters. The lowest BCUT2D eigenvalue weighted by atomic mass is 10.1. The SMILES string of the molecule is O=C1CCN(C(=O)C2CC(=O)N(c3ccccc3Cl)C2)CCN1. The highest BCUT2D eigenvalue weighted by Gasteiger charge is 2.38. The van der Waals surface area contributed by atoms with Gasteiger partial charge in [-0.15, -0.1) is 0 Å². The van der Waals surface area contributed by atoms with Gasteiger partial charge in [0.05, 0.1) is 16.6 Å². The molecule has 3 amide bonds.